The van der Waals surface area contributed by atoms with Gasteiger partial charge in [0.25, 0.3) is 5.91 Å². The number of rotatable bonds is 1. The molecule has 0 saturated heterocycles. The van der Waals surface area contributed by atoms with E-state index in [4.69, 9.17) is 10.5 Å². The number of carbonyl (C=O) groups excluding carboxylic acids is 1. The zero-order valence-electron chi connectivity index (χ0n) is 8.84. The maximum Gasteiger partial charge on any atom is 0.254 e. The molecule has 6 heteroatoms. The lowest BCUT2D eigenvalue weighted by atomic mass is 10.1. The first kappa shape index (κ1) is 9.83. The lowest BCUT2D eigenvalue weighted by molar-refractivity contribution is 0.0998. The van der Waals surface area contributed by atoms with Crippen LogP contribution in [0.1, 0.15) is 10.4 Å². The predicted octanol–water partition coefficient (Wildman–Crippen LogP) is -0.112. The van der Waals surface area contributed by atoms with Crippen LogP contribution in [0.3, 0.4) is 0 Å². The third-order valence-electron chi connectivity index (χ3n) is 2.79. The minimum Gasteiger partial charge on any atom is -0.474 e. The lowest BCUT2D eigenvalue weighted by Gasteiger charge is -2.19. The number of aromatic nitrogens is 2. The molecule has 3 rings (SSSR count). The second-order valence-electron chi connectivity index (χ2n) is 3.79. The van der Waals surface area contributed by atoms with Crippen molar-refractivity contribution in [2.75, 3.05) is 6.61 Å². The van der Waals surface area contributed by atoms with Crippen molar-refractivity contribution in [2.45, 2.75) is 6.54 Å². The molecule has 0 radical (unpaired) electrons. The molecule has 2 aromatic heterocycles. The van der Waals surface area contributed by atoms with E-state index in [-0.39, 0.29) is 11.0 Å². The average Bonchev–Trinajstić information content (AvgIpc) is 2.33. The largest absolute Gasteiger partial charge is 0.474 e. The summed E-state index contributed by atoms with van der Waals surface area (Å²) in [6, 6.07) is 1.57. The molecule has 17 heavy (non-hydrogen) atoms. The van der Waals surface area contributed by atoms with Crippen LogP contribution in [-0.4, -0.2) is 22.1 Å². The number of nitrogens with zero attached hydrogens (tertiary/aromatic N) is 2. The second kappa shape index (κ2) is 3.31. The number of hydrogen-bond acceptors (Lipinski definition) is 4. The van der Waals surface area contributed by atoms with Crippen molar-refractivity contribution >= 4 is 16.8 Å². The Bertz CT molecular complexity index is 690. The molecule has 0 aromatic carbocycles. The number of carbonyl (C=O) groups is 1. The van der Waals surface area contributed by atoms with Gasteiger partial charge in [0, 0.05) is 12.4 Å². The molecule has 1 aliphatic rings. The fraction of sp³-hybridized carbons (Fsp3) is 0.182. The Hall–Kier alpha value is -2.37. The molecular weight excluding hydrogens is 222 g/mol. The van der Waals surface area contributed by atoms with Crippen LogP contribution in [0.2, 0.25) is 0 Å². The summed E-state index contributed by atoms with van der Waals surface area (Å²) in [7, 11) is 0. The summed E-state index contributed by atoms with van der Waals surface area (Å²) in [5.74, 6) is -0.299. The zero-order chi connectivity index (χ0) is 12.0. The first-order chi connectivity index (χ1) is 8.18. The summed E-state index contributed by atoms with van der Waals surface area (Å²) in [6.07, 6.45) is 2.96. The number of ether oxygens (including phenoxy) is 1. The van der Waals surface area contributed by atoms with Gasteiger partial charge >= 0.3 is 0 Å². The van der Waals surface area contributed by atoms with Crippen LogP contribution < -0.4 is 15.9 Å². The highest BCUT2D eigenvalue weighted by atomic mass is 16.5. The van der Waals surface area contributed by atoms with Crippen LogP contribution in [0.15, 0.2) is 23.3 Å². The monoisotopic (exact) mass is 231 g/mol. The lowest BCUT2D eigenvalue weighted by Crippen LogP contribution is -2.27. The van der Waals surface area contributed by atoms with Crippen LogP contribution in [0, 0.1) is 0 Å². The highest BCUT2D eigenvalue weighted by molar-refractivity contribution is 5.97. The summed E-state index contributed by atoms with van der Waals surface area (Å²) in [5.41, 5.74) is 5.43. The van der Waals surface area contributed by atoms with E-state index < -0.39 is 5.91 Å². The van der Waals surface area contributed by atoms with E-state index in [1.54, 1.807) is 10.6 Å². The third-order valence-corrected chi connectivity index (χ3v) is 2.79. The zero-order valence-corrected chi connectivity index (χ0v) is 8.84. The molecule has 0 atom stereocenters. The normalized spacial score (nSPS) is 13.4. The molecule has 2 N–H and O–H groups in total. The van der Waals surface area contributed by atoms with Crippen molar-refractivity contribution < 1.29 is 9.53 Å². The predicted molar refractivity (Wildman–Crippen MR) is 60.0 cm³/mol. The molecule has 0 saturated carbocycles. The van der Waals surface area contributed by atoms with Crippen molar-refractivity contribution in [3.05, 3.63) is 34.2 Å². The second-order valence-corrected chi connectivity index (χ2v) is 3.79. The third kappa shape index (κ3) is 1.30. The number of pyridine rings is 2. The van der Waals surface area contributed by atoms with Gasteiger partial charge in [-0.3, -0.25) is 9.59 Å². The molecule has 6 nitrogen and oxygen atoms in total. The number of primary amides is 1. The topological polar surface area (TPSA) is 87.2 Å². The van der Waals surface area contributed by atoms with Crippen LogP contribution in [0.5, 0.6) is 5.88 Å². The fourth-order valence-electron chi connectivity index (χ4n) is 2.02. The van der Waals surface area contributed by atoms with Gasteiger partial charge < -0.3 is 15.0 Å². The summed E-state index contributed by atoms with van der Waals surface area (Å²) in [5, 5.41) is 0.408. The molecule has 3 heterocycles. The Balaban J connectivity index is 2.51. The summed E-state index contributed by atoms with van der Waals surface area (Å²) in [6.45, 7) is 1.02. The van der Waals surface area contributed by atoms with Crippen molar-refractivity contribution in [1.82, 2.24) is 9.55 Å². The average molecular weight is 231 g/mol. The molecule has 0 bridgehead atoms. The first-order valence-electron chi connectivity index (χ1n) is 5.13. The summed E-state index contributed by atoms with van der Waals surface area (Å²) >= 11 is 0. The molecular formula is C11H9N3O3. The maximum absolute atomic E-state index is 12.0. The molecule has 86 valence electrons. The Kier molecular flexibility index (Phi) is 1.91. The Labute approximate surface area is 95.6 Å². The Morgan fingerprint density at radius 3 is 3.12 bits per heavy atom. The standard InChI is InChI=1S/C11H9N3O3/c12-10(16)7-5-14-3-4-17-11-8(14)6(9(7)15)1-2-13-11/h1-2,5H,3-4H2,(H2,12,16). The van der Waals surface area contributed by atoms with Crippen molar-refractivity contribution in [3.63, 3.8) is 0 Å². The highest BCUT2D eigenvalue weighted by Gasteiger charge is 2.19. The molecule has 0 fully saturated rings. The number of hydrogen-bond donors (Lipinski definition) is 1. The van der Waals surface area contributed by atoms with Crippen molar-refractivity contribution in [2.24, 2.45) is 5.73 Å². The van der Waals surface area contributed by atoms with Gasteiger partial charge in [-0.25, -0.2) is 4.98 Å². The molecule has 0 unspecified atom stereocenters. The van der Waals surface area contributed by atoms with Gasteiger partial charge in [-0.15, -0.1) is 0 Å². The van der Waals surface area contributed by atoms with Crippen LogP contribution in [-0.2, 0) is 6.54 Å². The van der Waals surface area contributed by atoms with E-state index >= 15 is 0 Å². The highest BCUT2D eigenvalue weighted by Crippen LogP contribution is 2.24. The molecule has 0 spiro atoms. The van der Waals surface area contributed by atoms with E-state index in [2.05, 4.69) is 4.98 Å². The maximum atomic E-state index is 12.0. The molecule has 1 aliphatic heterocycles. The van der Waals surface area contributed by atoms with E-state index in [1.165, 1.54) is 12.4 Å². The van der Waals surface area contributed by atoms with Gasteiger partial charge in [-0.2, -0.15) is 0 Å². The summed E-state index contributed by atoms with van der Waals surface area (Å²) in [4.78, 5) is 27.3. The van der Waals surface area contributed by atoms with Crippen LogP contribution >= 0.6 is 0 Å². The van der Waals surface area contributed by atoms with Crippen molar-refractivity contribution in [3.8, 4) is 5.88 Å². The first-order valence-corrected chi connectivity index (χ1v) is 5.13. The van der Waals surface area contributed by atoms with Crippen molar-refractivity contribution in [1.29, 1.82) is 0 Å². The Morgan fingerprint density at radius 1 is 1.53 bits per heavy atom. The van der Waals surface area contributed by atoms with E-state index in [0.717, 1.165) is 0 Å². The number of nitrogens with two attached hydrogens (primary N) is 1. The van der Waals surface area contributed by atoms with Crippen LogP contribution in [0.4, 0.5) is 0 Å². The minimum absolute atomic E-state index is 0.00319. The number of amides is 1. The van der Waals surface area contributed by atoms with Gasteiger partial charge in [-0.1, -0.05) is 0 Å². The van der Waals surface area contributed by atoms with Gasteiger partial charge in [-0.05, 0) is 6.07 Å². The minimum atomic E-state index is -0.717. The van der Waals surface area contributed by atoms with E-state index in [1.807, 2.05) is 0 Å². The van der Waals surface area contributed by atoms with E-state index in [0.29, 0.717) is 29.9 Å². The van der Waals surface area contributed by atoms with Gasteiger partial charge in [0.15, 0.2) is 0 Å². The van der Waals surface area contributed by atoms with Crippen LogP contribution in [0.25, 0.3) is 10.9 Å². The Morgan fingerprint density at radius 2 is 2.35 bits per heavy atom. The molecule has 1 amide bonds. The van der Waals surface area contributed by atoms with Gasteiger partial charge in [0.1, 0.15) is 17.7 Å². The molecule has 0 aliphatic carbocycles. The van der Waals surface area contributed by atoms with Gasteiger partial charge in [0.2, 0.25) is 11.3 Å². The summed E-state index contributed by atoms with van der Waals surface area (Å²) < 4.78 is 7.14. The fourth-order valence-corrected chi connectivity index (χ4v) is 2.02. The smallest absolute Gasteiger partial charge is 0.254 e. The molecule has 2 aromatic rings. The quantitative estimate of drug-likeness (QED) is 0.741. The SMILES string of the molecule is NC(=O)c1cn2c3c(nccc3c1=O)OCC2. The van der Waals surface area contributed by atoms with Gasteiger partial charge in [0.05, 0.1) is 11.9 Å². The van der Waals surface area contributed by atoms with E-state index in [9.17, 15) is 9.59 Å².